The summed E-state index contributed by atoms with van der Waals surface area (Å²) in [4.78, 5) is -0.243. The van der Waals surface area contributed by atoms with Crippen molar-refractivity contribution < 1.29 is 17.2 Å². The Morgan fingerprint density at radius 2 is 2.14 bits per heavy atom. The van der Waals surface area contributed by atoms with Crippen LogP contribution >= 0.6 is 0 Å². The van der Waals surface area contributed by atoms with E-state index in [0.717, 1.165) is 17.9 Å². The Hall–Kier alpha value is -1.86. The number of anilines is 1. The standard InChI is InChI=1S/C14H17FN2O3S/c1-10(4-6-12-3-2-8-20-12)17-21(18,19)14-9-11(15)5-7-13(14)16/h2-3,5,7-10,17H,4,6,16H2,1H3. The van der Waals surface area contributed by atoms with Crippen LogP contribution in [0.2, 0.25) is 0 Å². The highest BCUT2D eigenvalue weighted by molar-refractivity contribution is 7.89. The molecule has 1 atom stereocenters. The monoisotopic (exact) mass is 312 g/mol. The Morgan fingerprint density at radius 3 is 2.81 bits per heavy atom. The molecule has 0 aliphatic rings. The summed E-state index contributed by atoms with van der Waals surface area (Å²) < 4.78 is 45.3. The third-order valence-electron chi connectivity index (χ3n) is 3.03. The van der Waals surface area contributed by atoms with Crippen LogP contribution in [0.25, 0.3) is 0 Å². The Labute approximate surface area is 123 Å². The van der Waals surface area contributed by atoms with Gasteiger partial charge in [-0.15, -0.1) is 0 Å². The van der Waals surface area contributed by atoms with Crippen LogP contribution in [0.1, 0.15) is 19.1 Å². The van der Waals surface area contributed by atoms with Gasteiger partial charge in [-0.05, 0) is 43.7 Å². The van der Waals surface area contributed by atoms with Gasteiger partial charge in [0.1, 0.15) is 16.5 Å². The maximum Gasteiger partial charge on any atom is 0.242 e. The number of sulfonamides is 1. The van der Waals surface area contributed by atoms with Gasteiger partial charge in [-0.1, -0.05) is 0 Å². The molecule has 5 nitrogen and oxygen atoms in total. The van der Waals surface area contributed by atoms with Gasteiger partial charge in [0.15, 0.2) is 0 Å². The molecule has 1 unspecified atom stereocenters. The van der Waals surface area contributed by atoms with E-state index in [4.69, 9.17) is 10.2 Å². The summed E-state index contributed by atoms with van der Waals surface area (Å²) in [6.45, 7) is 1.73. The number of nitrogens with one attached hydrogen (secondary N) is 1. The van der Waals surface area contributed by atoms with Gasteiger partial charge < -0.3 is 10.2 Å². The molecule has 1 aromatic carbocycles. The van der Waals surface area contributed by atoms with Crippen molar-refractivity contribution in [3.05, 3.63) is 48.2 Å². The normalized spacial score (nSPS) is 13.2. The third kappa shape index (κ3) is 4.05. The summed E-state index contributed by atoms with van der Waals surface area (Å²) >= 11 is 0. The fraction of sp³-hybridized carbons (Fsp3) is 0.286. The maximum atomic E-state index is 13.2. The molecule has 0 spiro atoms. The van der Waals surface area contributed by atoms with Crippen LogP contribution in [0.3, 0.4) is 0 Å². The molecule has 0 amide bonds. The van der Waals surface area contributed by atoms with Gasteiger partial charge in [-0.2, -0.15) is 0 Å². The van der Waals surface area contributed by atoms with Crippen molar-refractivity contribution >= 4 is 15.7 Å². The first-order valence-corrected chi connectivity index (χ1v) is 7.96. The van der Waals surface area contributed by atoms with Crippen molar-refractivity contribution in [3.63, 3.8) is 0 Å². The predicted octanol–water partition coefficient (Wildman–Crippen LogP) is 2.30. The SMILES string of the molecule is CC(CCc1ccco1)NS(=O)(=O)c1cc(F)ccc1N. The molecule has 114 valence electrons. The molecule has 7 heteroatoms. The summed E-state index contributed by atoms with van der Waals surface area (Å²) in [5.74, 6) is 0.138. The minimum absolute atomic E-state index is 0.0159. The molecule has 0 saturated heterocycles. The minimum atomic E-state index is -3.85. The highest BCUT2D eigenvalue weighted by Crippen LogP contribution is 2.20. The zero-order valence-electron chi connectivity index (χ0n) is 11.5. The molecule has 1 aromatic heterocycles. The van der Waals surface area contributed by atoms with Gasteiger partial charge >= 0.3 is 0 Å². The Bertz CT molecular complexity index is 699. The topological polar surface area (TPSA) is 85.3 Å². The van der Waals surface area contributed by atoms with Crippen LogP contribution in [0.15, 0.2) is 45.9 Å². The molecule has 0 radical (unpaired) electrons. The number of nitrogen functional groups attached to an aromatic ring is 1. The van der Waals surface area contributed by atoms with E-state index in [9.17, 15) is 12.8 Å². The van der Waals surface area contributed by atoms with Crippen molar-refractivity contribution in [1.29, 1.82) is 0 Å². The highest BCUT2D eigenvalue weighted by Gasteiger charge is 2.20. The largest absolute Gasteiger partial charge is 0.469 e. The maximum absolute atomic E-state index is 13.2. The van der Waals surface area contributed by atoms with Crippen molar-refractivity contribution in [1.82, 2.24) is 4.72 Å². The van der Waals surface area contributed by atoms with Crippen LogP contribution < -0.4 is 10.5 Å². The first kappa shape index (κ1) is 15.5. The Kier molecular flexibility index (Phi) is 4.64. The Morgan fingerprint density at radius 1 is 1.38 bits per heavy atom. The van der Waals surface area contributed by atoms with Crippen LogP contribution in [-0.4, -0.2) is 14.5 Å². The zero-order chi connectivity index (χ0) is 15.5. The van der Waals surface area contributed by atoms with Crippen molar-refractivity contribution in [2.45, 2.75) is 30.7 Å². The molecule has 2 aromatic rings. The molecule has 2 rings (SSSR count). The third-order valence-corrected chi connectivity index (χ3v) is 4.67. The molecule has 21 heavy (non-hydrogen) atoms. The number of furan rings is 1. The van der Waals surface area contributed by atoms with E-state index in [-0.39, 0.29) is 16.6 Å². The molecule has 0 aliphatic carbocycles. The summed E-state index contributed by atoms with van der Waals surface area (Å²) in [5.41, 5.74) is 5.62. The fourth-order valence-corrected chi connectivity index (χ4v) is 3.36. The second-order valence-electron chi connectivity index (χ2n) is 4.82. The molecule has 3 N–H and O–H groups in total. The average Bonchev–Trinajstić information content (AvgIpc) is 2.92. The quantitative estimate of drug-likeness (QED) is 0.801. The van der Waals surface area contributed by atoms with E-state index < -0.39 is 15.8 Å². The first-order chi connectivity index (χ1) is 9.88. The highest BCUT2D eigenvalue weighted by atomic mass is 32.2. The molecule has 0 saturated carbocycles. The summed E-state index contributed by atoms with van der Waals surface area (Å²) in [6, 6.07) is 6.54. The van der Waals surface area contributed by atoms with Crippen LogP contribution in [-0.2, 0) is 16.4 Å². The van der Waals surface area contributed by atoms with Gasteiger partial charge in [-0.25, -0.2) is 17.5 Å². The van der Waals surface area contributed by atoms with Gasteiger partial charge in [0.25, 0.3) is 0 Å². The number of hydrogen-bond acceptors (Lipinski definition) is 4. The van der Waals surface area contributed by atoms with Gasteiger partial charge in [-0.3, -0.25) is 0 Å². The Balaban J connectivity index is 2.04. The fourth-order valence-electron chi connectivity index (χ4n) is 1.94. The van der Waals surface area contributed by atoms with Crippen LogP contribution in [0.5, 0.6) is 0 Å². The van der Waals surface area contributed by atoms with Crippen molar-refractivity contribution in [2.75, 3.05) is 5.73 Å². The van der Waals surface area contributed by atoms with Crippen LogP contribution in [0, 0.1) is 5.82 Å². The lowest BCUT2D eigenvalue weighted by atomic mass is 10.2. The van der Waals surface area contributed by atoms with Crippen molar-refractivity contribution in [3.8, 4) is 0 Å². The average molecular weight is 312 g/mol. The van der Waals surface area contributed by atoms with E-state index in [1.54, 1.807) is 19.3 Å². The number of aryl methyl sites for hydroxylation is 1. The molecule has 1 heterocycles. The van der Waals surface area contributed by atoms with E-state index in [0.29, 0.717) is 12.8 Å². The summed E-state index contributed by atoms with van der Waals surface area (Å²) in [7, 11) is -3.85. The van der Waals surface area contributed by atoms with Gasteiger partial charge in [0, 0.05) is 12.5 Å². The van der Waals surface area contributed by atoms with E-state index >= 15 is 0 Å². The van der Waals surface area contributed by atoms with Crippen molar-refractivity contribution in [2.24, 2.45) is 0 Å². The van der Waals surface area contributed by atoms with E-state index in [1.807, 2.05) is 6.07 Å². The zero-order valence-corrected chi connectivity index (χ0v) is 12.4. The number of nitrogens with two attached hydrogens (primary N) is 1. The molecular formula is C14H17FN2O3S. The molecule has 0 bridgehead atoms. The lowest BCUT2D eigenvalue weighted by molar-refractivity contribution is 0.480. The summed E-state index contributed by atoms with van der Waals surface area (Å²) in [6.07, 6.45) is 2.73. The van der Waals surface area contributed by atoms with Gasteiger partial charge in [0.05, 0.1) is 12.0 Å². The first-order valence-electron chi connectivity index (χ1n) is 6.48. The second kappa shape index (κ2) is 6.28. The molecule has 0 aliphatic heterocycles. The number of rotatable bonds is 6. The number of hydrogen-bond donors (Lipinski definition) is 2. The smallest absolute Gasteiger partial charge is 0.242 e. The predicted molar refractivity (Wildman–Crippen MR) is 77.6 cm³/mol. The van der Waals surface area contributed by atoms with Gasteiger partial charge in [0.2, 0.25) is 10.0 Å². The number of benzene rings is 1. The van der Waals surface area contributed by atoms with E-state index in [2.05, 4.69) is 4.72 Å². The number of halogens is 1. The lowest BCUT2D eigenvalue weighted by Crippen LogP contribution is -2.33. The minimum Gasteiger partial charge on any atom is -0.469 e. The lowest BCUT2D eigenvalue weighted by Gasteiger charge is -2.14. The summed E-state index contributed by atoms with van der Waals surface area (Å²) in [5, 5.41) is 0. The van der Waals surface area contributed by atoms with Crippen LogP contribution in [0.4, 0.5) is 10.1 Å². The second-order valence-corrected chi connectivity index (χ2v) is 6.50. The molecular weight excluding hydrogens is 295 g/mol. The van der Waals surface area contributed by atoms with E-state index in [1.165, 1.54) is 6.07 Å². The molecule has 0 fully saturated rings.